The van der Waals surface area contributed by atoms with E-state index in [9.17, 15) is 0 Å². The minimum Gasteiger partial charge on any atom is -0.314 e. The van der Waals surface area contributed by atoms with E-state index in [1.165, 1.54) is 11.4 Å². The first-order chi connectivity index (χ1) is 8.91. The number of hydrogen-bond acceptors (Lipinski definition) is 3. The van der Waals surface area contributed by atoms with Crippen molar-refractivity contribution in [3.63, 3.8) is 0 Å². The van der Waals surface area contributed by atoms with Gasteiger partial charge in [-0.15, -0.1) is 0 Å². The average Bonchev–Trinajstić information content (AvgIpc) is 2.70. The fourth-order valence-electron chi connectivity index (χ4n) is 2.89. The average molecular weight is 264 g/mol. The van der Waals surface area contributed by atoms with Crippen molar-refractivity contribution in [2.24, 2.45) is 12.5 Å². The number of aromatic nitrogens is 2. The molecule has 0 spiro atoms. The third-order valence-electron chi connectivity index (χ3n) is 4.11. The first kappa shape index (κ1) is 14.5. The molecule has 1 aromatic heterocycles. The summed E-state index contributed by atoms with van der Waals surface area (Å²) in [5.74, 6) is 0. The molecule has 1 aliphatic heterocycles. The van der Waals surface area contributed by atoms with Gasteiger partial charge in [0.25, 0.3) is 0 Å². The number of rotatable bonds is 3. The molecule has 4 nitrogen and oxygen atoms in total. The lowest BCUT2D eigenvalue weighted by atomic mass is 9.84. The van der Waals surface area contributed by atoms with E-state index in [4.69, 9.17) is 0 Å². The monoisotopic (exact) mass is 264 g/mol. The smallest absolute Gasteiger partial charge is 0.0625 e. The third-order valence-corrected chi connectivity index (χ3v) is 4.11. The summed E-state index contributed by atoms with van der Waals surface area (Å²) in [5, 5.41) is 8.08. The Hall–Kier alpha value is -0.870. The Bertz CT molecular complexity index is 416. The van der Waals surface area contributed by atoms with Crippen LogP contribution in [0.1, 0.15) is 39.1 Å². The van der Waals surface area contributed by atoms with Gasteiger partial charge >= 0.3 is 0 Å². The zero-order chi connectivity index (χ0) is 14.0. The lowest BCUT2D eigenvalue weighted by molar-refractivity contribution is 0.0668. The van der Waals surface area contributed by atoms with Gasteiger partial charge in [0.05, 0.1) is 11.4 Å². The molecule has 1 saturated heterocycles. The molecule has 0 bridgehead atoms. The summed E-state index contributed by atoms with van der Waals surface area (Å²) in [4.78, 5) is 2.60. The Morgan fingerprint density at radius 1 is 1.42 bits per heavy atom. The van der Waals surface area contributed by atoms with Gasteiger partial charge < -0.3 is 5.32 Å². The van der Waals surface area contributed by atoms with Gasteiger partial charge in [-0.3, -0.25) is 9.58 Å². The Morgan fingerprint density at radius 2 is 2.16 bits per heavy atom. The van der Waals surface area contributed by atoms with Crippen molar-refractivity contribution >= 4 is 0 Å². The summed E-state index contributed by atoms with van der Waals surface area (Å²) in [6.45, 7) is 13.5. The maximum absolute atomic E-state index is 4.56. The Kier molecular flexibility index (Phi) is 4.31. The minimum atomic E-state index is 0.305. The van der Waals surface area contributed by atoms with E-state index >= 15 is 0 Å². The summed E-state index contributed by atoms with van der Waals surface area (Å²) in [6, 6.07) is 2.84. The second-order valence-corrected chi connectivity index (χ2v) is 6.66. The molecule has 2 heterocycles. The van der Waals surface area contributed by atoms with Crippen molar-refractivity contribution in [2.75, 3.05) is 19.6 Å². The molecule has 4 heteroatoms. The van der Waals surface area contributed by atoms with Crippen molar-refractivity contribution in [3.8, 4) is 0 Å². The van der Waals surface area contributed by atoms with E-state index in [-0.39, 0.29) is 0 Å². The van der Waals surface area contributed by atoms with Gasteiger partial charge in [0.2, 0.25) is 0 Å². The van der Waals surface area contributed by atoms with Crippen LogP contribution in [0.25, 0.3) is 0 Å². The Labute approximate surface area is 117 Å². The molecule has 108 valence electrons. The molecule has 1 unspecified atom stereocenters. The number of nitrogens with zero attached hydrogens (tertiary/aromatic N) is 3. The van der Waals surface area contributed by atoms with Crippen LogP contribution in [0.2, 0.25) is 0 Å². The highest BCUT2D eigenvalue weighted by atomic mass is 15.3. The summed E-state index contributed by atoms with van der Waals surface area (Å²) in [7, 11) is 2.06. The maximum Gasteiger partial charge on any atom is 0.0625 e. The van der Waals surface area contributed by atoms with Gasteiger partial charge in [0, 0.05) is 39.3 Å². The largest absolute Gasteiger partial charge is 0.314 e. The van der Waals surface area contributed by atoms with Gasteiger partial charge in [0.1, 0.15) is 0 Å². The predicted molar refractivity (Wildman–Crippen MR) is 79.1 cm³/mol. The molecule has 0 radical (unpaired) electrons. The van der Waals surface area contributed by atoms with Crippen LogP contribution in [0.15, 0.2) is 6.07 Å². The Morgan fingerprint density at radius 3 is 2.74 bits per heavy atom. The van der Waals surface area contributed by atoms with E-state index in [1.807, 2.05) is 4.68 Å². The Balaban J connectivity index is 2.13. The van der Waals surface area contributed by atoms with Gasteiger partial charge in [0.15, 0.2) is 0 Å². The maximum atomic E-state index is 4.56. The zero-order valence-corrected chi connectivity index (χ0v) is 13.0. The van der Waals surface area contributed by atoms with Gasteiger partial charge in [-0.25, -0.2) is 0 Å². The lowest BCUT2D eigenvalue weighted by Gasteiger charge is -2.43. The van der Waals surface area contributed by atoms with Crippen LogP contribution in [0.5, 0.6) is 0 Å². The normalized spacial score (nSPS) is 21.8. The van der Waals surface area contributed by atoms with Gasteiger partial charge in [-0.05, 0) is 17.9 Å². The van der Waals surface area contributed by atoms with Gasteiger partial charge in [-0.1, -0.05) is 27.7 Å². The second kappa shape index (κ2) is 5.63. The van der Waals surface area contributed by atoms with Crippen molar-refractivity contribution in [1.82, 2.24) is 20.0 Å². The van der Waals surface area contributed by atoms with E-state index in [1.54, 1.807) is 0 Å². The summed E-state index contributed by atoms with van der Waals surface area (Å²) < 4.78 is 2.04. The molecular weight excluding hydrogens is 236 g/mol. The summed E-state index contributed by atoms with van der Waals surface area (Å²) in [6.07, 6.45) is 1.01. The fraction of sp³-hybridized carbons (Fsp3) is 0.800. The molecule has 1 fully saturated rings. The third kappa shape index (κ3) is 3.37. The number of nitrogens with one attached hydrogen (secondary N) is 1. The van der Waals surface area contributed by atoms with E-state index in [0.29, 0.717) is 11.5 Å². The highest BCUT2D eigenvalue weighted by Crippen LogP contribution is 2.26. The summed E-state index contributed by atoms with van der Waals surface area (Å²) >= 11 is 0. The predicted octanol–water partition coefficient (Wildman–Crippen LogP) is 1.80. The minimum absolute atomic E-state index is 0.305. The lowest BCUT2D eigenvalue weighted by Crippen LogP contribution is -2.56. The van der Waals surface area contributed by atoms with Gasteiger partial charge in [-0.2, -0.15) is 5.10 Å². The molecule has 0 amide bonds. The molecule has 0 saturated carbocycles. The highest BCUT2D eigenvalue weighted by molar-refractivity contribution is 5.10. The second-order valence-electron chi connectivity index (χ2n) is 6.66. The molecule has 1 aromatic rings. The van der Waals surface area contributed by atoms with Crippen LogP contribution in [0, 0.1) is 5.41 Å². The van der Waals surface area contributed by atoms with E-state index < -0.39 is 0 Å². The van der Waals surface area contributed by atoms with Crippen LogP contribution in [0.3, 0.4) is 0 Å². The molecule has 2 rings (SSSR count). The fourth-order valence-corrected chi connectivity index (χ4v) is 2.89. The SMILES string of the molecule is CCc1cc(CN2CCNCC2C(C)(C)C)n(C)n1. The van der Waals surface area contributed by atoms with Crippen molar-refractivity contribution in [2.45, 2.75) is 46.7 Å². The van der Waals surface area contributed by atoms with Crippen LogP contribution in [-0.4, -0.2) is 40.4 Å². The number of hydrogen-bond donors (Lipinski definition) is 1. The number of aryl methyl sites for hydroxylation is 2. The zero-order valence-electron chi connectivity index (χ0n) is 13.0. The molecule has 1 N–H and O–H groups in total. The quantitative estimate of drug-likeness (QED) is 0.904. The molecule has 1 atom stereocenters. The van der Waals surface area contributed by atoms with Crippen LogP contribution < -0.4 is 5.32 Å². The van der Waals surface area contributed by atoms with Crippen LogP contribution in [-0.2, 0) is 20.0 Å². The summed E-state index contributed by atoms with van der Waals surface area (Å²) in [5.41, 5.74) is 2.83. The van der Waals surface area contributed by atoms with E-state index in [2.05, 4.69) is 56.1 Å². The first-order valence-electron chi connectivity index (χ1n) is 7.38. The molecule has 0 aliphatic carbocycles. The first-order valence-corrected chi connectivity index (χ1v) is 7.38. The van der Waals surface area contributed by atoms with E-state index in [0.717, 1.165) is 32.6 Å². The topological polar surface area (TPSA) is 33.1 Å². The molecule has 0 aromatic carbocycles. The van der Waals surface area contributed by atoms with Crippen LogP contribution >= 0.6 is 0 Å². The van der Waals surface area contributed by atoms with Crippen molar-refractivity contribution < 1.29 is 0 Å². The number of piperazine rings is 1. The standard InChI is InChI=1S/C15H28N4/c1-6-12-9-13(18(5)17-12)11-19-8-7-16-10-14(19)15(2,3)4/h9,14,16H,6-8,10-11H2,1-5H3. The van der Waals surface area contributed by atoms with Crippen molar-refractivity contribution in [3.05, 3.63) is 17.5 Å². The molecule has 1 aliphatic rings. The molecular formula is C15H28N4. The van der Waals surface area contributed by atoms with Crippen molar-refractivity contribution in [1.29, 1.82) is 0 Å². The molecule has 19 heavy (non-hydrogen) atoms. The highest BCUT2D eigenvalue weighted by Gasteiger charge is 2.32. The van der Waals surface area contributed by atoms with Crippen LogP contribution in [0.4, 0.5) is 0 Å².